The number of anilines is 2. The van der Waals surface area contributed by atoms with Gasteiger partial charge in [-0.3, -0.25) is 24.5 Å². The molecule has 3 aliphatic rings. The number of phenolic OH excluding ortho intramolecular Hbond substituents is 2. The third kappa shape index (κ3) is 3.65. The average molecular weight is 531 g/mol. The first-order valence-electron chi connectivity index (χ1n) is 12.2. The van der Waals surface area contributed by atoms with Gasteiger partial charge in [0.15, 0.2) is 11.5 Å². The number of aromatic hydroxyl groups is 2. The van der Waals surface area contributed by atoms with Gasteiger partial charge >= 0.3 is 5.97 Å². The molecule has 3 aliphatic heterocycles. The molecule has 3 amide bonds. The number of ether oxygens (including phenoxy) is 1. The van der Waals surface area contributed by atoms with Gasteiger partial charge in [0.2, 0.25) is 17.7 Å². The lowest BCUT2D eigenvalue weighted by molar-refractivity contribution is -0.132. The molecule has 39 heavy (non-hydrogen) atoms. The second-order valence-corrected chi connectivity index (χ2v) is 9.83. The first kappa shape index (κ1) is 24.6. The minimum Gasteiger partial charge on any atom is -0.504 e. The number of carbonyl (C=O) groups is 4. The monoisotopic (exact) mass is 531 g/mol. The van der Waals surface area contributed by atoms with Crippen molar-refractivity contribution >= 4 is 35.1 Å². The van der Waals surface area contributed by atoms with E-state index >= 15 is 0 Å². The Bertz CT molecular complexity index is 1570. The highest BCUT2D eigenvalue weighted by Gasteiger charge is 2.70. The summed E-state index contributed by atoms with van der Waals surface area (Å²) in [5.74, 6) is -5.56. The summed E-state index contributed by atoms with van der Waals surface area (Å²) in [6.07, 6.45) is 0.118. The van der Waals surface area contributed by atoms with Gasteiger partial charge in [0.25, 0.3) is 0 Å². The number of imide groups is 1. The zero-order valence-corrected chi connectivity index (χ0v) is 20.5. The SMILES string of the molecule is CC(=O)Oc1ccc(N2C(=O)[C@H]3[C@@H](C2=O)[C@]2(N[C@@H]3Cc3ccc(O)c(O)c3)C(=O)Nc3ccc(F)cc32)cc1. The van der Waals surface area contributed by atoms with Crippen LogP contribution in [0.25, 0.3) is 0 Å². The van der Waals surface area contributed by atoms with Crippen LogP contribution >= 0.6 is 0 Å². The van der Waals surface area contributed by atoms with E-state index in [4.69, 9.17) is 4.74 Å². The highest BCUT2D eigenvalue weighted by Crippen LogP contribution is 2.54. The molecule has 0 aromatic heterocycles. The summed E-state index contributed by atoms with van der Waals surface area (Å²) in [5.41, 5.74) is -0.387. The van der Waals surface area contributed by atoms with E-state index in [1.54, 1.807) is 6.07 Å². The number of hydrogen-bond acceptors (Lipinski definition) is 8. The number of esters is 1. The number of nitrogens with one attached hydrogen (secondary N) is 2. The van der Waals surface area contributed by atoms with Crippen molar-refractivity contribution in [1.82, 2.24) is 5.32 Å². The number of phenols is 2. The topological polar surface area (TPSA) is 145 Å². The Morgan fingerprint density at radius 2 is 1.74 bits per heavy atom. The minimum absolute atomic E-state index is 0.118. The Morgan fingerprint density at radius 3 is 2.44 bits per heavy atom. The van der Waals surface area contributed by atoms with E-state index in [0.717, 1.165) is 4.90 Å². The zero-order chi connectivity index (χ0) is 27.6. The highest BCUT2D eigenvalue weighted by molar-refractivity contribution is 6.25. The third-order valence-corrected chi connectivity index (χ3v) is 7.53. The molecule has 0 radical (unpaired) electrons. The number of carbonyl (C=O) groups excluding carboxylic acids is 4. The van der Waals surface area contributed by atoms with Gasteiger partial charge in [0.05, 0.1) is 17.5 Å². The molecule has 0 unspecified atom stereocenters. The fourth-order valence-corrected chi connectivity index (χ4v) is 5.98. The summed E-state index contributed by atoms with van der Waals surface area (Å²) in [7, 11) is 0. The summed E-state index contributed by atoms with van der Waals surface area (Å²) in [5, 5.41) is 25.6. The van der Waals surface area contributed by atoms with Crippen LogP contribution in [-0.2, 0) is 31.1 Å². The molecule has 10 nitrogen and oxygen atoms in total. The lowest BCUT2D eigenvalue weighted by atomic mass is 9.76. The summed E-state index contributed by atoms with van der Waals surface area (Å²) < 4.78 is 19.5. The summed E-state index contributed by atoms with van der Waals surface area (Å²) in [6.45, 7) is 1.25. The van der Waals surface area contributed by atoms with Gasteiger partial charge in [0, 0.05) is 24.2 Å². The normalized spacial score (nSPS) is 25.1. The van der Waals surface area contributed by atoms with Crippen LogP contribution in [0.5, 0.6) is 17.2 Å². The molecule has 0 bridgehead atoms. The van der Waals surface area contributed by atoms with E-state index in [2.05, 4.69) is 10.6 Å². The second-order valence-electron chi connectivity index (χ2n) is 9.83. The second kappa shape index (κ2) is 8.63. The van der Waals surface area contributed by atoms with Crippen molar-refractivity contribution in [3.05, 3.63) is 77.6 Å². The van der Waals surface area contributed by atoms with E-state index < -0.39 is 52.9 Å². The number of benzene rings is 3. The Kier molecular flexibility index (Phi) is 5.44. The van der Waals surface area contributed by atoms with Crippen LogP contribution < -0.4 is 20.3 Å². The third-order valence-electron chi connectivity index (χ3n) is 7.53. The van der Waals surface area contributed by atoms with Gasteiger partial charge in [-0.15, -0.1) is 0 Å². The smallest absolute Gasteiger partial charge is 0.308 e. The van der Waals surface area contributed by atoms with Crippen molar-refractivity contribution in [1.29, 1.82) is 0 Å². The van der Waals surface area contributed by atoms with Crippen LogP contribution in [0.2, 0.25) is 0 Å². The van der Waals surface area contributed by atoms with Gasteiger partial charge < -0.3 is 20.3 Å². The Balaban J connectivity index is 1.45. The van der Waals surface area contributed by atoms with E-state index in [1.807, 2.05) is 0 Å². The lowest BCUT2D eigenvalue weighted by Crippen LogP contribution is -2.53. The van der Waals surface area contributed by atoms with Crippen molar-refractivity contribution in [2.45, 2.75) is 24.9 Å². The molecule has 198 valence electrons. The molecule has 3 aromatic rings. The van der Waals surface area contributed by atoms with Crippen LogP contribution in [0.1, 0.15) is 18.1 Å². The Hall–Kier alpha value is -4.77. The number of rotatable bonds is 4. The molecule has 3 heterocycles. The van der Waals surface area contributed by atoms with Gasteiger partial charge in [0.1, 0.15) is 17.1 Å². The van der Waals surface area contributed by atoms with E-state index in [1.165, 1.54) is 61.5 Å². The largest absolute Gasteiger partial charge is 0.504 e. The molecule has 4 atom stereocenters. The predicted octanol–water partition coefficient (Wildman–Crippen LogP) is 2.33. The minimum atomic E-state index is -1.72. The van der Waals surface area contributed by atoms with Gasteiger partial charge in [-0.25, -0.2) is 9.29 Å². The summed E-state index contributed by atoms with van der Waals surface area (Å²) in [6, 6.07) is 13.0. The van der Waals surface area contributed by atoms with Crippen LogP contribution in [0.15, 0.2) is 60.7 Å². The van der Waals surface area contributed by atoms with Crippen LogP contribution in [-0.4, -0.2) is 39.9 Å². The summed E-state index contributed by atoms with van der Waals surface area (Å²) in [4.78, 5) is 53.7. The molecule has 2 saturated heterocycles. The van der Waals surface area contributed by atoms with Crippen molar-refractivity contribution in [2.75, 3.05) is 10.2 Å². The van der Waals surface area contributed by atoms with E-state index in [-0.39, 0.29) is 34.9 Å². The number of nitrogens with zero attached hydrogens (tertiary/aromatic N) is 1. The van der Waals surface area contributed by atoms with Crippen LogP contribution in [0.4, 0.5) is 15.8 Å². The highest BCUT2D eigenvalue weighted by atomic mass is 19.1. The molecule has 0 saturated carbocycles. The average Bonchev–Trinajstić information content (AvgIpc) is 3.46. The van der Waals surface area contributed by atoms with E-state index in [0.29, 0.717) is 11.3 Å². The van der Waals surface area contributed by atoms with Gasteiger partial charge in [-0.05, 0) is 66.6 Å². The standard InChI is InChI=1S/C28H22FN3O7/c1-13(33)39-17-6-4-16(5-7-17)32-25(36)23-20(10-14-2-9-21(34)22(35)11-14)31-28(24(23)26(32)37)18-12-15(29)3-8-19(18)30-27(28)38/h2-9,11-12,20,23-24,31,34-35H,10H2,1H3,(H,30,38)/t20-,23-,24+,28+/m1/s1. The van der Waals surface area contributed by atoms with Crippen molar-refractivity contribution in [3.63, 3.8) is 0 Å². The molecule has 4 N–H and O–H groups in total. The molecule has 0 aliphatic carbocycles. The maximum atomic E-state index is 14.4. The fraction of sp³-hybridized carbons (Fsp3) is 0.214. The lowest BCUT2D eigenvalue weighted by Gasteiger charge is -2.29. The maximum Gasteiger partial charge on any atom is 0.308 e. The molecule has 6 rings (SSSR count). The van der Waals surface area contributed by atoms with Gasteiger partial charge in [-0.2, -0.15) is 0 Å². The van der Waals surface area contributed by atoms with Gasteiger partial charge in [-0.1, -0.05) is 6.07 Å². The van der Waals surface area contributed by atoms with Crippen molar-refractivity contribution in [2.24, 2.45) is 11.8 Å². The molecular formula is C28H22FN3O7. The van der Waals surface area contributed by atoms with Crippen LogP contribution in [0.3, 0.4) is 0 Å². The molecular weight excluding hydrogens is 509 g/mol. The number of fused-ring (bicyclic) bond motifs is 4. The molecule has 1 spiro atoms. The Morgan fingerprint density at radius 1 is 1.00 bits per heavy atom. The molecule has 11 heteroatoms. The first-order chi connectivity index (χ1) is 18.6. The van der Waals surface area contributed by atoms with Crippen molar-refractivity contribution in [3.8, 4) is 17.2 Å². The first-order valence-corrected chi connectivity index (χ1v) is 12.2. The Labute approximate surface area is 221 Å². The fourth-order valence-electron chi connectivity index (χ4n) is 5.98. The molecule has 3 aromatic carbocycles. The molecule has 2 fully saturated rings. The number of hydrogen-bond donors (Lipinski definition) is 4. The number of amides is 3. The quantitative estimate of drug-likeness (QED) is 0.174. The van der Waals surface area contributed by atoms with Crippen molar-refractivity contribution < 1.29 is 38.5 Å². The van der Waals surface area contributed by atoms with Crippen LogP contribution in [0, 0.1) is 17.7 Å². The maximum absolute atomic E-state index is 14.4. The number of halogens is 1. The predicted molar refractivity (Wildman–Crippen MR) is 134 cm³/mol. The zero-order valence-electron chi connectivity index (χ0n) is 20.5. The summed E-state index contributed by atoms with van der Waals surface area (Å²) >= 11 is 0. The van der Waals surface area contributed by atoms with E-state index in [9.17, 15) is 33.8 Å².